The molecule has 1 saturated carbocycles. The first-order valence-corrected chi connectivity index (χ1v) is 7.17. The predicted octanol–water partition coefficient (Wildman–Crippen LogP) is 4.50. The monoisotopic (exact) mass is 287 g/mol. The molecule has 2 atom stereocenters. The molecule has 1 aromatic rings. The molecule has 2 rings (SSSR count). The van der Waals surface area contributed by atoms with Crippen molar-refractivity contribution in [3.05, 3.63) is 40.9 Å². The zero-order chi connectivity index (χ0) is 14.8. The quantitative estimate of drug-likeness (QED) is 0.765. The van der Waals surface area contributed by atoms with E-state index in [0.29, 0.717) is 17.4 Å². The summed E-state index contributed by atoms with van der Waals surface area (Å²) in [5, 5.41) is 9.46. The maximum absolute atomic E-state index is 12.2. The first kappa shape index (κ1) is 14.8. The number of carbonyl (C=O) groups is 1. The van der Waals surface area contributed by atoms with E-state index >= 15 is 0 Å². The minimum Gasteiger partial charge on any atom is -0.295 e. The third kappa shape index (κ3) is 2.94. The van der Waals surface area contributed by atoms with Gasteiger partial charge in [0.05, 0.1) is 6.07 Å². The summed E-state index contributed by atoms with van der Waals surface area (Å²) >= 11 is 5.82. The van der Waals surface area contributed by atoms with Crippen LogP contribution in [-0.4, -0.2) is 5.78 Å². The van der Waals surface area contributed by atoms with E-state index in [1.165, 1.54) is 0 Å². The van der Waals surface area contributed by atoms with Crippen LogP contribution in [0.1, 0.15) is 32.3 Å². The van der Waals surface area contributed by atoms with Gasteiger partial charge in [-0.25, -0.2) is 0 Å². The Morgan fingerprint density at radius 2 is 2.10 bits per heavy atom. The van der Waals surface area contributed by atoms with Crippen LogP contribution in [0, 0.1) is 28.6 Å². The molecular formula is C17H18ClNO. The van der Waals surface area contributed by atoms with Crippen molar-refractivity contribution >= 4 is 23.5 Å². The minimum absolute atomic E-state index is 0.0319. The van der Waals surface area contributed by atoms with Crippen LogP contribution in [0.4, 0.5) is 0 Å². The van der Waals surface area contributed by atoms with E-state index in [1.807, 2.05) is 30.3 Å². The number of halogens is 1. The molecule has 1 fully saturated rings. The number of allylic oxidation sites excluding steroid dienone is 1. The van der Waals surface area contributed by atoms with E-state index in [-0.39, 0.29) is 17.1 Å². The van der Waals surface area contributed by atoms with Crippen molar-refractivity contribution < 1.29 is 4.79 Å². The smallest absolute Gasteiger partial charge is 0.159 e. The zero-order valence-electron chi connectivity index (χ0n) is 11.8. The van der Waals surface area contributed by atoms with Gasteiger partial charge in [-0.1, -0.05) is 43.7 Å². The number of hydrogen-bond donors (Lipinski definition) is 0. The average Bonchev–Trinajstić information content (AvgIpc) is 2.42. The molecule has 104 valence electrons. The van der Waals surface area contributed by atoms with Gasteiger partial charge in [-0.05, 0) is 41.5 Å². The van der Waals surface area contributed by atoms with Crippen molar-refractivity contribution in [1.29, 1.82) is 5.26 Å². The van der Waals surface area contributed by atoms with E-state index in [9.17, 15) is 4.79 Å². The van der Waals surface area contributed by atoms with Crippen LogP contribution in [0.2, 0.25) is 5.02 Å². The highest BCUT2D eigenvalue weighted by atomic mass is 35.5. The van der Waals surface area contributed by atoms with Crippen molar-refractivity contribution in [2.75, 3.05) is 0 Å². The molecule has 0 heterocycles. The highest BCUT2D eigenvalue weighted by Gasteiger charge is 2.50. The molecule has 0 spiro atoms. The molecule has 0 radical (unpaired) electrons. The van der Waals surface area contributed by atoms with Crippen molar-refractivity contribution in [1.82, 2.24) is 0 Å². The molecule has 2 nitrogen and oxygen atoms in total. The topological polar surface area (TPSA) is 40.9 Å². The van der Waals surface area contributed by atoms with E-state index in [2.05, 4.69) is 19.9 Å². The predicted molar refractivity (Wildman–Crippen MR) is 81.1 cm³/mol. The Hall–Kier alpha value is -1.59. The molecule has 3 heteroatoms. The van der Waals surface area contributed by atoms with Gasteiger partial charge in [0.15, 0.2) is 5.78 Å². The first-order valence-electron chi connectivity index (χ1n) is 6.79. The summed E-state index contributed by atoms with van der Waals surface area (Å²) in [5.74, 6) is 0.522. The lowest BCUT2D eigenvalue weighted by Gasteiger charge is -2.50. The fourth-order valence-electron chi connectivity index (χ4n) is 2.82. The van der Waals surface area contributed by atoms with Gasteiger partial charge >= 0.3 is 0 Å². The lowest BCUT2D eigenvalue weighted by Crippen LogP contribution is -2.48. The minimum atomic E-state index is -0.0723. The van der Waals surface area contributed by atoms with E-state index in [4.69, 9.17) is 16.9 Å². The summed E-state index contributed by atoms with van der Waals surface area (Å²) in [4.78, 5) is 12.2. The van der Waals surface area contributed by atoms with Crippen LogP contribution in [0.5, 0.6) is 0 Å². The summed E-state index contributed by atoms with van der Waals surface area (Å²) in [6.45, 7) is 4.16. The Balaban J connectivity index is 2.00. The number of ketones is 1. The van der Waals surface area contributed by atoms with Crippen molar-refractivity contribution in [2.24, 2.45) is 17.3 Å². The number of hydrogen-bond acceptors (Lipinski definition) is 2. The molecule has 0 aromatic heterocycles. The van der Waals surface area contributed by atoms with E-state index < -0.39 is 0 Å². The number of carbonyl (C=O) groups excluding carboxylic acids is 1. The van der Waals surface area contributed by atoms with E-state index in [0.717, 1.165) is 12.0 Å². The largest absolute Gasteiger partial charge is 0.295 e. The molecule has 0 N–H and O–H groups in total. The van der Waals surface area contributed by atoms with Crippen LogP contribution in [0.15, 0.2) is 30.3 Å². The Bertz CT molecular complexity index is 566. The summed E-state index contributed by atoms with van der Waals surface area (Å²) in [6, 6.07) is 9.59. The van der Waals surface area contributed by atoms with Gasteiger partial charge in [0.2, 0.25) is 0 Å². The highest BCUT2D eigenvalue weighted by Crippen LogP contribution is 2.53. The van der Waals surface area contributed by atoms with Crippen LogP contribution < -0.4 is 0 Å². The van der Waals surface area contributed by atoms with Crippen LogP contribution >= 0.6 is 11.6 Å². The zero-order valence-corrected chi connectivity index (χ0v) is 12.5. The fourth-order valence-corrected chi connectivity index (χ4v) is 2.95. The molecule has 1 aromatic carbocycles. The SMILES string of the molecule is CC1(C)[C@H](CC#N)C[C@H]1C(=O)/C=C/c1ccc(Cl)cc1. The molecule has 0 aliphatic heterocycles. The summed E-state index contributed by atoms with van der Waals surface area (Å²) in [7, 11) is 0. The van der Waals surface area contributed by atoms with Gasteiger partial charge < -0.3 is 0 Å². The van der Waals surface area contributed by atoms with Gasteiger partial charge in [-0.2, -0.15) is 5.26 Å². The summed E-state index contributed by atoms with van der Waals surface area (Å²) < 4.78 is 0. The second kappa shape index (κ2) is 5.81. The molecule has 0 amide bonds. The summed E-state index contributed by atoms with van der Waals surface area (Å²) in [5.41, 5.74) is 0.894. The van der Waals surface area contributed by atoms with E-state index in [1.54, 1.807) is 6.08 Å². The Morgan fingerprint density at radius 1 is 1.45 bits per heavy atom. The molecule has 0 unspecified atom stereocenters. The third-order valence-corrected chi connectivity index (χ3v) is 4.71. The van der Waals surface area contributed by atoms with Gasteiger partial charge in [0, 0.05) is 17.4 Å². The Kier molecular flexibility index (Phi) is 4.30. The second-order valence-corrected chi connectivity index (χ2v) is 6.39. The second-order valence-electron chi connectivity index (χ2n) is 5.96. The Morgan fingerprint density at radius 3 is 2.65 bits per heavy atom. The van der Waals surface area contributed by atoms with Crippen LogP contribution in [0.3, 0.4) is 0 Å². The number of rotatable bonds is 4. The van der Waals surface area contributed by atoms with Gasteiger partial charge in [-0.15, -0.1) is 0 Å². The van der Waals surface area contributed by atoms with Gasteiger partial charge in [0.25, 0.3) is 0 Å². The highest BCUT2D eigenvalue weighted by molar-refractivity contribution is 6.30. The van der Waals surface area contributed by atoms with Crippen molar-refractivity contribution in [2.45, 2.75) is 26.7 Å². The molecule has 1 aliphatic carbocycles. The van der Waals surface area contributed by atoms with Crippen molar-refractivity contribution in [3.8, 4) is 6.07 Å². The maximum atomic E-state index is 12.2. The lowest BCUT2D eigenvalue weighted by atomic mass is 9.52. The van der Waals surface area contributed by atoms with Crippen LogP contribution in [0.25, 0.3) is 6.08 Å². The number of benzene rings is 1. The maximum Gasteiger partial charge on any atom is 0.159 e. The number of nitrogens with zero attached hydrogens (tertiary/aromatic N) is 1. The normalized spacial score (nSPS) is 24.1. The Labute approximate surface area is 125 Å². The lowest BCUT2D eigenvalue weighted by molar-refractivity contribution is -0.132. The average molecular weight is 288 g/mol. The molecule has 0 saturated heterocycles. The van der Waals surface area contributed by atoms with Crippen molar-refractivity contribution in [3.63, 3.8) is 0 Å². The fraction of sp³-hybridized carbons (Fsp3) is 0.412. The molecule has 0 bridgehead atoms. The molecular weight excluding hydrogens is 270 g/mol. The third-order valence-electron chi connectivity index (χ3n) is 4.46. The standard InChI is InChI=1S/C17H18ClNO/c1-17(2)13(9-10-19)11-15(17)16(20)8-5-12-3-6-14(18)7-4-12/h3-8,13,15H,9,11H2,1-2H3/b8-5+/t13-,15+/m1/s1. The first-order chi connectivity index (χ1) is 9.45. The summed E-state index contributed by atoms with van der Waals surface area (Å²) in [6.07, 6.45) is 4.84. The number of nitriles is 1. The van der Waals surface area contributed by atoms with Gasteiger partial charge in [0.1, 0.15) is 0 Å². The molecule has 1 aliphatic rings. The molecule has 20 heavy (non-hydrogen) atoms. The van der Waals surface area contributed by atoms with Crippen LogP contribution in [-0.2, 0) is 4.79 Å². The van der Waals surface area contributed by atoms with Gasteiger partial charge in [-0.3, -0.25) is 4.79 Å².